The van der Waals surface area contributed by atoms with Crippen molar-refractivity contribution < 1.29 is 18.8 Å². The number of imide groups is 1. The molecule has 38 heavy (non-hydrogen) atoms. The normalized spacial score (nSPS) is 18.5. The number of carbonyl (C=O) groups excluding carboxylic acids is 3. The minimum Gasteiger partial charge on any atom is -0.374 e. The zero-order valence-corrected chi connectivity index (χ0v) is 23.8. The Balaban J connectivity index is 1.26. The molecule has 2 saturated heterocycles. The van der Waals surface area contributed by atoms with Crippen LogP contribution in [0.2, 0.25) is 0 Å². The first-order valence-corrected chi connectivity index (χ1v) is 15.5. The van der Waals surface area contributed by atoms with Gasteiger partial charge in [-0.2, -0.15) is 0 Å². The van der Waals surface area contributed by atoms with Gasteiger partial charge in [0.2, 0.25) is 11.8 Å². The number of unbranched alkanes of at least 4 members (excludes halogenated alkanes) is 7. The molecule has 7 nitrogen and oxygen atoms in total. The fourth-order valence-electron chi connectivity index (χ4n) is 5.02. The maximum absolute atomic E-state index is 14.9. The van der Waals surface area contributed by atoms with Crippen LogP contribution in [0.3, 0.4) is 0 Å². The first-order chi connectivity index (χ1) is 18.5. The van der Waals surface area contributed by atoms with Crippen LogP contribution in [0.25, 0.3) is 0 Å². The Morgan fingerprint density at radius 1 is 1.03 bits per heavy atom. The number of halogens is 1. The summed E-state index contributed by atoms with van der Waals surface area (Å²) in [5, 5.41) is 5.69. The van der Waals surface area contributed by atoms with Gasteiger partial charge in [-0.25, -0.2) is 4.39 Å². The summed E-state index contributed by atoms with van der Waals surface area (Å²) in [5.41, 5.74) is 1.12. The summed E-state index contributed by atoms with van der Waals surface area (Å²) in [6.07, 6.45) is 12.1. The van der Waals surface area contributed by atoms with E-state index >= 15 is 0 Å². The topological polar surface area (TPSA) is 81.8 Å². The standard InChI is InChI=1S/C29H45FN4O3S/c1-2-3-4-5-6-10-21-38-28(36)11-8-7-9-16-33-17-19-34(20-18-33)26-14-12-23(22-24(26)30)31-25-13-15-27(35)32-29(25)37/h12,14,22,25,31H,2-11,13,15-21H2,1H3,(H,32,35,37). The number of carbonyl (C=O) groups is 3. The van der Waals surface area contributed by atoms with Crippen LogP contribution in [0.4, 0.5) is 15.8 Å². The second-order valence-corrected chi connectivity index (χ2v) is 11.6. The van der Waals surface area contributed by atoms with Crippen LogP contribution in [0.15, 0.2) is 18.2 Å². The van der Waals surface area contributed by atoms with Gasteiger partial charge >= 0.3 is 0 Å². The lowest BCUT2D eigenvalue weighted by molar-refractivity contribution is -0.133. The van der Waals surface area contributed by atoms with E-state index in [2.05, 4.69) is 27.4 Å². The van der Waals surface area contributed by atoms with E-state index in [0.29, 0.717) is 29.3 Å². The first kappa shape index (κ1) is 30.4. The smallest absolute Gasteiger partial charge is 0.249 e. The van der Waals surface area contributed by atoms with Gasteiger partial charge in [0.25, 0.3) is 0 Å². The van der Waals surface area contributed by atoms with Gasteiger partial charge in [0, 0.05) is 50.5 Å². The Bertz CT molecular complexity index is 908. The minimum atomic E-state index is -0.525. The maximum atomic E-state index is 14.9. The third-order valence-corrected chi connectivity index (χ3v) is 8.38. The molecule has 2 heterocycles. The molecule has 0 aromatic heterocycles. The molecule has 2 aliphatic heterocycles. The Labute approximate surface area is 231 Å². The van der Waals surface area contributed by atoms with Gasteiger partial charge in [0.15, 0.2) is 5.12 Å². The molecular weight excluding hydrogens is 503 g/mol. The number of thioether (sulfide) groups is 1. The average Bonchev–Trinajstić information content (AvgIpc) is 2.90. The van der Waals surface area contributed by atoms with Crippen LogP contribution >= 0.6 is 11.8 Å². The third-order valence-electron chi connectivity index (χ3n) is 7.36. The van der Waals surface area contributed by atoms with E-state index in [1.54, 1.807) is 12.1 Å². The van der Waals surface area contributed by atoms with Crippen molar-refractivity contribution in [3.8, 4) is 0 Å². The van der Waals surface area contributed by atoms with E-state index in [1.165, 1.54) is 49.9 Å². The van der Waals surface area contributed by atoms with Crippen LogP contribution in [0, 0.1) is 5.82 Å². The molecule has 2 aliphatic rings. The Morgan fingerprint density at radius 3 is 2.50 bits per heavy atom. The number of amides is 2. The summed E-state index contributed by atoms with van der Waals surface area (Å²) in [7, 11) is 0. The van der Waals surface area contributed by atoms with Gasteiger partial charge in [-0.3, -0.25) is 24.6 Å². The fourth-order valence-corrected chi connectivity index (χ4v) is 5.88. The maximum Gasteiger partial charge on any atom is 0.249 e. The van der Waals surface area contributed by atoms with E-state index in [9.17, 15) is 18.8 Å². The van der Waals surface area contributed by atoms with Gasteiger partial charge in [-0.05, 0) is 50.4 Å². The monoisotopic (exact) mass is 548 g/mol. The molecule has 1 aromatic rings. The number of hydrogen-bond donors (Lipinski definition) is 2. The SMILES string of the molecule is CCCCCCCCSC(=O)CCCCCN1CCN(c2ccc(NC3CCC(=O)NC3=O)cc2F)CC1. The number of piperazine rings is 1. The van der Waals surface area contributed by atoms with Gasteiger partial charge in [0.1, 0.15) is 11.9 Å². The highest BCUT2D eigenvalue weighted by atomic mass is 32.2. The molecule has 3 rings (SSSR count). The van der Waals surface area contributed by atoms with Gasteiger partial charge < -0.3 is 10.2 Å². The van der Waals surface area contributed by atoms with E-state index in [-0.39, 0.29) is 24.1 Å². The largest absolute Gasteiger partial charge is 0.374 e. The van der Waals surface area contributed by atoms with Crippen molar-refractivity contribution in [3.05, 3.63) is 24.0 Å². The lowest BCUT2D eigenvalue weighted by atomic mass is 10.1. The van der Waals surface area contributed by atoms with E-state index < -0.39 is 6.04 Å². The average molecular weight is 549 g/mol. The van der Waals surface area contributed by atoms with E-state index in [4.69, 9.17) is 0 Å². The highest BCUT2D eigenvalue weighted by Gasteiger charge is 2.27. The predicted molar refractivity (Wildman–Crippen MR) is 154 cm³/mol. The Kier molecular flexibility index (Phi) is 13.4. The van der Waals surface area contributed by atoms with Crippen molar-refractivity contribution in [1.82, 2.24) is 10.2 Å². The Morgan fingerprint density at radius 2 is 1.76 bits per heavy atom. The summed E-state index contributed by atoms with van der Waals surface area (Å²) in [6, 6.07) is 4.46. The van der Waals surface area contributed by atoms with Crippen molar-refractivity contribution in [2.75, 3.05) is 48.7 Å². The van der Waals surface area contributed by atoms with Crippen LogP contribution in [0.5, 0.6) is 0 Å². The molecule has 0 saturated carbocycles. The number of rotatable bonds is 16. The summed E-state index contributed by atoms with van der Waals surface area (Å²) in [5.74, 6) is 0.0252. The van der Waals surface area contributed by atoms with Crippen LogP contribution in [0.1, 0.15) is 84.0 Å². The second kappa shape index (κ2) is 16.7. The molecule has 2 fully saturated rings. The molecule has 9 heteroatoms. The molecule has 2 N–H and O–H groups in total. The number of hydrogen-bond acceptors (Lipinski definition) is 7. The molecule has 1 aromatic carbocycles. The zero-order chi connectivity index (χ0) is 27.2. The summed E-state index contributed by atoms with van der Waals surface area (Å²) in [6.45, 7) is 6.57. The number of piperidine rings is 1. The lowest BCUT2D eigenvalue weighted by Crippen LogP contribution is -2.47. The number of nitrogens with zero attached hydrogens (tertiary/aromatic N) is 2. The number of benzene rings is 1. The van der Waals surface area contributed by atoms with Crippen molar-refractivity contribution in [3.63, 3.8) is 0 Å². The number of nitrogens with one attached hydrogen (secondary N) is 2. The molecular formula is C29H45FN4O3S. The fraction of sp³-hybridized carbons (Fsp3) is 0.690. The van der Waals surface area contributed by atoms with Crippen molar-refractivity contribution in [2.24, 2.45) is 0 Å². The van der Waals surface area contributed by atoms with Gasteiger partial charge in [0.05, 0.1) is 5.69 Å². The predicted octanol–water partition coefficient (Wildman–Crippen LogP) is 5.35. The summed E-state index contributed by atoms with van der Waals surface area (Å²) in [4.78, 5) is 39.8. The second-order valence-electron chi connectivity index (χ2n) is 10.4. The first-order valence-electron chi connectivity index (χ1n) is 14.5. The Hall–Kier alpha value is -2.13. The van der Waals surface area contributed by atoms with Gasteiger partial charge in [-0.1, -0.05) is 57.2 Å². The summed E-state index contributed by atoms with van der Waals surface area (Å²) < 4.78 is 14.9. The van der Waals surface area contributed by atoms with E-state index in [0.717, 1.165) is 64.2 Å². The molecule has 0 spiro atoms. The number of anilines is 2. The molecule has 0 bridgehead atoms. The van der Waals surface area contributed by atoms with Crippen molar-refractivity contribution in [2.45, 2.75) is 90.0 Å². The minimum absolute atomic E-state index is 0.267. The van der Waals surface area contributed by atoms with Gasteiger partial charge in [-0.15, -0.1) is 0 Å². The lowest BCUT2D eigenvalue weighted by Gasteiger charge is -2.36. The molecule has 2 amide bonds. The third kappa shape index (κ3) is 10.6. The zero-order valence-electron chi connectivity index (χ0n) is 22.9. The highest BCUT2D eigenvalue weighted by molar-refractivity contribution is 8.13. The molecule has 1 atom stereocenters. The summed E-state index contributed by atoms with van der Waals surface area (Å²) >= 11 is 1.52. The van der Waals surface area contributed by atoms with Crippen LogP contribution < -0.4 is 15.5 Å². The van der Waals surface area contributed by atoms with Crippen LogP contribution in [-0.2, 0) is 14.4 Å². The molecule has 0 radical (unpaired) electrons. The van der Waals surface area contributed by atoms with Crippen molar-refractivity contribution >= 4 is 40.1 Å². The molecule has 1 unspecified atom stereocenters. The molecule has 0 aliphatic carbocycles. The van der Waals surface area contributed by atoms with Crippen LogP contribution in [-0.4, -0.2) is 66.3 Å². The highest BCUT2D eigenvalue weighted by Crippen LogP contribution is 2.25. The van der Waals surface area contributed by atoms with Crippen molar-refractivity contribution in [1.29, 1.82) is 0 Å². The molecule has 212 valence electrons. The van der Waals surface area contributed by atoms with E-state index in [1.807, 2.05) is 0 Å². The quantitative estimate of drug-likeness (QED) is 0.213.